The van der Waals surface area contributed by atoms with Gasteiger partial charge >= 0.3 is 0 Å². The van der Waals surface area contributed by atoms with E-state index in [0.717, 1.165) is 24.0 Å². The predicted octanol–water partition coefficient (Wildman–Crippen LogP) is 2.45. The number of hydrazine groups is 1. The fourth-order valence-electron chi connectivity index (χ4n) is 2.45. The summed E-state index contributed by atoms with van der Waals surface area (Å²) in [6, 6.07) is 4.87. The summed E-state index contributed by atoms with van der Waals surface area (Å²) in [5.41, 5.74) is 4.55. The second kappa shape index (κ2) is 5.78. The fraction of sp³-hybridized carbons (Fsp3) is 0.571. The summed E-state index contributed by atoms with van der Waals surface area (Å²) in [5.74, 6) is 5.96. The third-order valence-corrected chi connectivity index (χ3v) is 3.38. The van der Waals surface area contributed by atoms with Gasteiger partial charge in [0.25, 0.3) is 0 Å². The summed E-state index contributed by atoms with van der Waals surface area (Å²) in [7, 11) is 0. The van der Waals surface area contributed by atoms with Crippen molar-refractivity contribution in [2.45, 2.75) is 38.8 Å². The largest absolute Gasteiger partial charge is 0.376 e. The highest BCUT2D eigenvalue weighted by molar-refractivity contribution is 5.27. The summed E-state index contributed by atoms with van der Waals surface area (Å²) in [6.07, 6.45) is 2.36. The van der Waals surface area contributed by atoms with Crippen LogP contribution in [0, 0.1) is 18.7 Å². The van der Waals surface area contributed by atoms with Crippen LogP contribution >= 0.6 is 0 Å². The number of nitrogens with one attached hydrogen (secondary N) is 1. The molecule has 1 aliphatic rings. The van der Waals surface area contributed by atoms with E-state index in [-0.39, 0.29) is 18.0 Å². The smallest absolute Gasteiger partial charge is 0.123 e. The highest BCUT2D eigenvalue weighted by Gasteiger charge is 2.37. The van der Waals surface area contributed by atoms with Gasteiger partial charge in [-0.3, -0.25) is 11.3 Å². The van der Waals surface area contributed by atoms with Crippen molar-refractivity contribution in [3.8, 4) is 0 Å². The summed E-state index contributed by atoms with van der Waals surface area (Å²) in [6.45, 7) is 4.50. The normalized spacial score (nSPS) is 18.7. The van der Waals surface area contributed by atoms with E-state index < -0.39 is 0 Å². The van der Waals surface area contributed by atoms with Crippen LogP contribution in [0.2, 0.25) is 0 Å². The van der Waals surface area contributed by atoms with E-state index in [9.17, 15) is 4.39 Å². The number of nitrogens with two attached hydrogens (primary N) is 1. The molecule has 1 aromatic rings. The van der Waals surface area contributed by atoms with Crippen molar-refractivity contribution in [3.05, 3.63) is 35.1 Å². The number of hydrogen-bond acceptors (Lipinski definition) is 3. The van der Waals surface area contributed by atoms with Gasteiger partial charge in [0.15, 0.2) is 0 Å². The number of aryl methyl sites for hydroxylation is 1. The second-order valence-corrected chi connectivity index (χ2v) is 4.96. The molecule has 2 unspecified atom stereocenters. The van der Waals surface area contributed by atoms with Crippen LogP contribution in [0.15, 0.2) is 18.2 Å². The van der Waals surface area contributed by atoms with Gasteiger partial charge in [-0.05, 0) is 55.9 Å². The van der Waals surface area contributed by atoms with Crippen molar-refractivity contribution >= 4 is 0 Å². The van der Waals surface area contributed by atoms with E-state index in [1.807, 2.05) is 19.9 Å². The summed E-state index contributed by atoms with van der Waals surface area (Å²) in [5, 5.41) is 0. The molecule has 0 heterocycles. The Hall–Kier alpha value is -0.970. The van der Waals surface area contributed by atoms with Gasteiger partial charge in [0.1, 0.15) is 5.82 Å². The molecule has 0 radical (unpaired) electrons. The molecule has 0 saturated heterocycles. The molecule has 1 fully saturated rings. The second-order valence-electron chi connectivity index (χ2n) is 4.96. The first kappa shape index (κ1) is 13.5. The molecule has 1 aromatic carbocycles. The molecule has 1 saturated carbocycles. The van der Waals surface area contributed by atoms with Gasteiger partial charge in [0.2, 0.25) is 0 Å². The third-order valence-electron chi connectivity index (χ3n) is 3.38. The lowest BCUT2D eigenvalue weighted by atomic mass is 9.97. The molecule has 4 heteroatoms. The summed E-state index contributed by atoms with van der Waals surface area (Å²) < 4.78 is 19.3. The maximum atomic E-state index is 13.5. The Labute approximate surface area is 107 Å². The summed E-state index contributed by atoms with van der Waals surface area (Å²) in [4.78, 5) is 0. The first-order valence-electron chi connectivity index (χ1n) is 6.50. The van der Waals surface area contributed by atoms with Gasteiger partial charge in [-0.25, -0.2) is 4.39 Å². The predicted molar refractivity (Wildman–Crippen MR) is 69.3 cm³/mol. The van der Waals surface area contributed by atoms with Gasteiger partial charge in [-0.2, -0.15) is 0 Å². The number of rotatable bonds is 6. The average molecular weight is 252 g/mol. The number of hydrogen-bond donors (Lipinski definition) is 2. The molecule has 1 aliphatic carbocycles. The van der Waals surface area contributed by atoms with Crippen LogP contribution in [0.1, 0.15) is 36.9 Å². The number of benzene rings is 1. The first-order valence-corrected chi connectivity index (χ1v) is 6.50. The van der Waals surface area contributed by atoms with E-state index in [1.165, 1.54) is 12.1 Å². The van der Waals surface area contributed by atoms with Crippen molar-refractivity contribution in [2.24, 2.45) is 11.8 Å². The Morgan fingerprint density at radius 2 is 2.17 bits per heavy atom. The van der Waals surface area contributed by atoms with E-state index >= 15 is 0 Å². The molecule has 0 aromatic heterocycles. The topological polar surface area (TPSA) is 47.3 Å². The molecule has 2 atom stereocenters. The monoisotopic (exact) mass is 252 g/mol. The zero-order valence-electron chi connectivity index (χ0n) is 10.9. The minimum atomic E-state index is -0.226. The van der Waals surface area contributed by atoms with Crippen LogP contribution in [0.25, 0.3) is 0 Å². The van der Waals surface area contributed by atoms with E-state index in [0.29, 0.717) is 12.5 Å². The van der Waals surface area contributed by atoms with Gasteiger partial charge in [-0.1, -0.05) is 6.07 Å². The molecule has 2 rings (SSSR count). The third kappa shape index (κ3) is 3.07. The lowest BCUT2D eigenvalue weighted by Crippen LogP contribution is -2.39. The minimum Gasteiger partial charge on any atom is -0.376 e. The van der Waals surface area contributed by atoms with Crippen LogP contribution in [0.3, 0.4) is 0 Å². The van der Waals surface area contributed by atoms with Crippen LogP contribution in [0.4, 0.5) is 4.39 Å². The number of ether oxygens (including phenoxy) is 1. The maximum Gasteiger partial charge on any atom is 0.123 e. The quantitative estimate of drug-likeness (QED) is 0.604. The van der Waals surface area contributed by atoms with Gasteiger partial charge in [-0.15, -0.1) is 0 Å². The Bertz CT molecular complexity index is 387. The molecule has 3 N–H and O–H groups in total. The molecular weight excluding hydrogens is 231 g/mol. The summed E-state index contributed by atoms with van der Waals surface area (Å²) >= 11 is 0. The molecule has 0 bridgehead atoms. The molecule has 0 amide bonds. The Kier molecular flexibility index (Phi) is 4.32. The molecular formula is C14H21FN2O. The van der Waals surface area contributed by atoms with E-state index in [2.05, 4.69) is 5.43 Å². The van der Waals surface area contributed by atoms with Crippen LogP contribution in [-0.2, 0) is 4.74 Å². The minimum absolute atomic E-state index is 0.0289. The van der Waals surface area contributed by atoms with Crippen molar-refractivity contribution in [3.63, 3.8) is 0 Å². The van der Waals surface area contributed by atoms with Gasteiger partial charge in [0, 0.05) is 6.61 Å². The lowest BCUT2D eigenvalue weighted by molar-refractivity contribution is 0.0185. The fourth-order valence-corrected chi connectivity index (χ4v) is 2.45. The zero-order chi connectivity index (χ0) is 13.1. The standard InChI is InChI=1S/C14H21FN2O/c1-3-18-14(10-4-5-10)13(17-16)11-6-9(2)7-12(15)8-11/h6-8,10,13-14,17H,3-5,16H2,1-2H3. The Morgan fingerprint density at radius 3 is 2.67 bits per heavy atom. The first-order chi connectivity index (χ1) is 8.65. The average Bonchev–Trinajstić information content (AvgIpc) is 3.11. The maximum absolute atomic E-state index is 13.5. The van der Waals surface area contributed by atoms with Crippen LogP contribution in [-0.4, -0.2) is 12.7 Å². The molecule has 3 nitrogen and oxygen atoms in total. The highest BCUT2D eigenvalue weighted by atomic mass is 19.1. The Morgan fingerprint density at radius 1 is 1.44 bits per heavy atom. The van der Waals surface area contributed by atoms with Crippen molar-refractivity contribution < 1.29 is 9.13 Å². The van der Waals surface area contributed by atoms with Crippen molar-refractivity contribution in [1.82, 2.24) is 5.43 Å². The van der Waals surface area contributed by atoms with Gasteiger partial charge < -0.3 is 4.74 Å². The highest BCUT2D eigenvalue weighted by Crippen LogP contribution is 2.40. The molecule has 18 heavy (non-hydrogen) atoms. The van der Waals surface area contributed by atoms with Gasteiger partial charge in [0.05, 0.1) is 12.1 Å². The Balaban J connectivity index is 2.24. The van der Waals surface area contributed by atoms with Crippen molar-refractivity contribution in [2.75, 3.05) is 6.61 Å². The van der Waals surface area contributed by atoms with Crippen LogP contribution in [0.5, 0.6) is 0 Å². The van der Waals surface area contributed by atoms with Crippen molar-refractivity contribution in [1.29, 1.82) is 0 Å². The molecule has 0 spiro atoms. The lowest BCUT2D eigenvalue weighted by Gasteiger charge is -2.27. The van der Waals surface area contributed by atoms with E-state index in [4.69, 9.17) is 10.6 Å². The molecule has 0 aliphatic heterocycles. The van der Waals surface area contributed by atoms with E-state index in [1.54, 1.807) is 0 Å². The SMILES string of the molecule is CCOC(C1CC1)C(NN)c1cc(C)cc(F)c1. The molecule has 100 valence electrons. The number of halogens is 1. The van der Waals surface area contributed by atoms with Crippen LogP contribution < -0.4 is 11.3 Å². The zero-order valence-corrected chi connectivity index (χ0v) is 10.9.